The number of nitrogens with one attached hydrogen (secondary N) is 2. The molecule has 408 valence electrons. The summed E-state index contributed by atoms with van der Waals surface area (Å²) in [5.41, 5.74) is 5.41. The van der Waals surface area contributed by atoms with E-state index < -0.39 is 59.8 Å². The van der Waals surface area contributed by atoms with Crippen molar-refractivity contribution in [3.63, 3.8) is 0 Å². The first-order chi connectivity index (χ1) is 36.5. The van der Waals surface area contributed by atoms with E-state index in [1.54, 1.807) is 30.5 Å². The number of morpholine rings is 1. The van der Waals surface area contributed by atoms with Crippen LogP contribution in [-0.4, -0.2) is 159 Å². The number of carbonyl (C=O) groups excluding carboxylic acids is 4. The van der Waals surface area contributed by atoms with Crippen molar-refractivity contribution in [2.24, 2.45) is 17.3 Å². The summed E-state index contributed by atoms with van der Waals surface area (Å²) in [5.74, 6) is -0.278. The molecule has 4 saturated heterocycles. The number of hydrazine groups is 1. The largest absolute Gasteiger partial charge is 0.464 e. The molecule has 3 saturated carbocycles. The first kappa shape index (κ1) is 51.7. The van der Waals surface area contributed by atoms with E-state index in [-0.39, 0.29) is 43.2 Å². The topological polar surface area (TPSA) is 163 Å². The maximum atomic E-state index is 15.2. The number of pyridine rings is 1. The second-order valence-corrected chi connectivity index (χ2v) is 24.8. The third-order valence-electron chi connectivity index (χ3n) is 17.5. The highest BCUT2D eigenvalue weighted by molar-refractivity contribution is 7.10. The van der Waals surface area contributed by atoms with E-state index in [4.69, 9.17) is 19.2 Å². The number of methoxy groups -OCH3 is 1. The SMILES string of the molecule is CO[C@@H](C)c1ncccc1-c1c2c3cc(ccc3n1CC(F)(F)F)-c1csc(n1)C[C@H](NC(=O)C(C1CCCC1)N1CCOC3(CN(C(=O)[C@H]4C(C5CC5)N4C4CC4)C3)C1)C(=O)N1CCC[C@H](N1)C(=O)OCC(C)(C)C2. The van der Waals surface area contributed by atoms with Crippen LogP contribution in [0.1, 0.15) is 107 Å². The molecule has 8 heterocycles. The second-order valence-electron chi connectivity index (χ2n) is 23.9. The Labute approximate surface area is 445 Å². The molecule has 76 heavy (non-hydrogen) atoms. The number of ether oxygens (including phenoxy) is 3. The molecule has 7 fully saturated rings. The molecule has 6 bridgehead atoms. The summed E-state index contributed by atoms with van der Waals surface area (Å²) in [6.45, 7) is 7.09. The fourth-order valence-electron chi connectivity index (χ4n) is 13.4. The van der Waals surface area contributed by atoms with Crippen molar-refractivity contribution in [3.8, 4) is 22.5 Å². The molecule has 16 nitrogen and oxygen atoms in total. The molecule has 1 aromatic carbocycles. The zero-order valence-corrected chi connectivity index (χ0v) is 44.7. The van der Waals surface area contributed by atoms with E-state index in [0.717, 1.165) is 25.7 Å². The van der Waals surface area contributed by atoms with Crippen molar-refractivity contribution in [3.05, 3.63) is 58.2 Å². The molecule has 1 spiro atoms. The number of thiazole rings is 1. The summed E-state index contributed by atoms with van der Waals surface area (Å²) in [6.07, 6.45) is 6.21. The van der Waals surface area contributed by atoms with Gasteiger partial charge in [-0.1, -0.05) is 32.8 Å². The maximum Gasteiger partial charge on any atom is 0.406 e. The third kappa shape index (κ3) is 10.2. The highest BCUT2D eigenvalue weighted by Crippen LogP contribution is 2.53. The first-order valence-corrected chi connectivity index (χ1v) is 28.5. The number of benzene rings is 1. The molecule has 7 atom stereocenters. The van der Waals surface area contributed by atoms with E-state index in [0.29, 0.717) is 120 Å². The summed E-state index contributed by atoms with van der Waals surface area (Å²) < 4.78 is 63.9. The van der Waals surface area contributed by atoms with Crippen LogP contribution in [0.5, 0.6) is 0 Å². The van der Waals surface area contributed by atoms with Crippen LogP contribution >= 0.6 is 11.3 Å². The van der Waals surface area contributed by atoms with Gasteiger partial charge in [-0.2, -0.15) is 13.2 Å². The number of hydrogen-bond donors (Lipinski definition) is 2. The Kier molecular flexibility index (Phi) is 13.6. The summed E-state index contributed by atoms with van der Waals surface area (Å²) >= 11 is 1.34. The van der Waals surface area contributed by atoms with Crippen molar-refractivity contribution in [1.82, 2.24) is 45.0 Å². The van der Waals surface area contributed by atoms with Gasteiger partial charge in [-0.25, -0.2) is 10.4 Å². The highest BCUT2D eigenvalue weighted by Gasteiger charge is 2.65. The van der Waals surface area contributed by atoms with Crippen molar-refractivity contribution in [2.75, 3.05) is 53.0 Å². The van der Waals surface area contributed by atoms with Crippen LogP contribution in [-0.2, 0) is 52.8 Å². The van der Waals surface area contributed by atoms with Crippen molar-refractivity contribution in [2.45, 2.75) is 158 Å². The molecule has 0 radical (unpaired) electrons. The van der Waals surface area contributed by atoms with E-state index in [1.807, 2.05) is 37.1 Å². The summed E-state index contributed by atoms with van der Waals surface area (Å²) in [4.78, 5) is 74.5. The normalized spacial score (nSPS) is 28.0. The summed E-state index contributed by atoms with van der Waals surface area (Å²) in [6, 6.07) is 7.31. The quantitative estimate of drug-likeness (QED) is 0.119. The molecular formula is C56H70F3N9O7S. The molecule has 5 aliphatic heterocycles. The lowest BCUT2D eigenvalue weighted by molar-refractivity contribution is -0.198. The number of aromatic nitrogens is 3. The van der Waals surface area contributed by atoms with Gasteiger partial charge >= 0.3 is 12.1 Å². The zero-order valence-electron chi connectivity index (χ0n) is 43.9. The smallest absolute Gasteiger partial charge is 0.406 e. The van der Waals surface area contributed by atoms with Gasteiger partial charge in [-0.3, -0.25) is 39.0 Å². The Balaban J connectivity index is 0.859. The Morgan fingerprint density at radius 3 is 2.54 bits per heavy atom. The molecule has 8 aliphatic rings. The van der Waals surface area contributed by atoms with Crippen molar-refractivity contribution >= 4 is 45.9 Å². The minimum Gasteiger partial charge on any atom is -0.464 e. The average molecular weight is 1070 g/mol. The second kappa shape index (κ2) is 20.0. The Morgan fingerprint density at radius 1 is 1.01 bits per heavy atom. The maximum absolute atomic E-state index is 15.2. The number of nitrogens with zero attached hydrogens (tertiary/aromatic N) is 7. The third-order valence-corrected chi connectivity index (χ3v) is 18.3. The van der Waals surface area contributed by atoms with E-state index >= 15 is 4.79 Å². The summed E-state index contributed by atoms with van der Waals surface area (Å²) in [7, 11) is 1.53. The van der Waals surface area contributed by atoms with E-state index in [9.17, 15) is 27.6 Å². The van der Waals surface area contributed by atoms with E-state index in [1.165, 1.54) is 53.7 Å². The molecule has 3 amide bonds. The number of alkyl halides is 3. The minimum atomic E-state index is -4.58. The Hall–Kier alpha value is -4.99. The number of likely N-dealkylation sites (tertiary alicyclic amines) is 1. The van der Waals surface area contributed by atoms with Crippen LogP contribution in [0, 0.1) is 17.3 Å². The number of cyclic esters (lactones) is 1. The number of hydrogen-bond acceptors (Lipinski definition) is 13. The predicted molar refractivity (Wildman–Crippen MR) is 277 cm³/mol. The molecule has 12 rings (SSSR count). The fraction of sp³-hybridized carbons (Fsp3) is 0.643. The number of fused-ring (bicyclic) bond motifs is 6. The molecule has 3 aliphatic carbocycles. The van der Waals surface area contributed by atoms with Crippen LogP contribution in [0.25, 0.3) is 33.4 Å². The monoisotopic (exact) mass is 1070 g/mol. The highest BCUT2D eigenvalue weighted by atomic mass is 32.1. The van der Waals surface area contributed by atoms with Gasteiger partial charge in [0.25, 0.3) is 5.91 Å². The van der Waals surface area contributed by atoms with Gasteiger partial charge in [-0.05, 0) is 106 Å². The summed E-state index contributed by atoms with van der Waals surface area (Å²) in [5, 5.41) is 7.73. The molecule has 2 N–H and O–H groups in total. The molecule has 3 unspecified atom stereocenters. The van der Waals surface area contributed by atoms with Crippen LogP contribution < -0.4 is 10.7 Å². The van der Waals surface area contributed by atoms with Crippen molar-refractivity contribution in [1.29, 1.82) is 0 Å². The number of carbonyl (C=O) groups is 4. The zero-order chi connectivity index (χ0) is 52.8. The average Bonchev–Trinajstić information content (AvgIpc) is 4.37. The van der Waals surface area contributed by atoms with Gasteiger partial charge in [0.1, 0.15) is 30.3 Å². The minimum absolute atomic E-state index is 0.00729. The van der Waals surface area contributed by atoms with Gasteiger partial charge in [0.15, 0.2) is 0 Å². The number of rotatable bonds is 11. The molecule has 3 aromatic heterocycles. The van der Waals surface area contributed by atoms with E-state index in [2.05, 4.69) is 25.5 Å². The van der Waals surface area contributed by atoms with Crippen LogP contribution in [0.15, 0.2) is 41.9 Å². The first-order valence-electron chi connectivity index (χ1n) is 27.6. The van der Waals surface area contributed by atoms with Gasteiger partial charge < -0.3 is 29.0 Å². The molecular weight excluding hydrogens is 1000 g/mol. The lowest BCUT2D eigenvalue weighted by Gasteiger charge is -2.55. The lowest BCUT2D eigenvalue weighted by atomic mass is 9.84. The van der Waals surface area contributed by atoms with Crippen LogP contribution in [0.3, 0.4) is 0 Å². The van der Waals surface area contributed by atoms with Crippen LogP contribution in [0.4, 0.5) is 13.2 Å². The Morgan fingerprint density at radius 2 is 1.80 bits per heavy atom. The number of esters is 1. The number of halogens is 3. The molecule has 20 heteroatoms. The van der Waals surface area contributed by atoms with Crippen molar-refractivity contribution < 1.29 is 46.6 Å². The van der Waals surface area contributed by atoms with Gasteiger partial charge in [-0.15, -0.1) is 11.3 Å². The van der Waals surface area contributed by atoms with Gasteiger partial charge in [0, 0.05) is 84.3 Å². The lowest BCUT2D eigenvalue weighted by Crippen LogP contribution is -2.73. The van der Waals surface area contributed by atoms with Gasteiger partial charge in [0.2, 0.25) is 11.8 Å². The standard InChI is InChI=1S/C56H70F3N9O7S/c1-32(73-4)45-37(11-7-19-60-45)48-39-25-54(2,3)31-74-53(72)40-12-8-20-67(63-40)51(70)41(24-44-61-42(26-76-44)35-15-18-43(38(39)23-35)66(48)30-56(57,58)59)62-50(69)47(33-9-5-6-10-33)64-21-22-75-55(27-64)28-65(29-55)52(71)49-46(34-13-14-34)68(49)36-16-17-36/h7,11,15,18-19,23,26,32-34,36,40-41,46-47,49,63H,5-6,8-10,12-14,16-17,20-22,24-25,27-31H2,1-4H3,(H,62,69)/t32-,40-,41-,46?,47?,49+,68?/m0/s1. The number of amides is 3. The van der Waals surface area contributed by atoms with Gasteiger partial charge in [0.05, 0.1) is 60.5 Å². The fourth-order valence-corrected chi connectivity index (χ4v) is 14.3. The van der Waals surface area contributed by atoms with Crippen LogP contribution in [0.2, 0.25) is 0 Å². The predicted octanol–water partition coefficient (Wildman–Crippen LogP) is 6.84. The Bertz CT molecular complexity index is 2870. The molecule has 4 aromatic rings.